The molecule has 28 heteroatoms. The van der Waals surface area contributed by atoms with Crippen LogP contribution in [0, 0.1) is 0 Å². The summed E-state index contributed by atoms with van der Waals surface area (Å²) in [6, 6.07) is 7.71. The number of rotatable bonds is 32. The molecule has 2 aromatic rings. The number of hydrogen-bond acceptors (Lipinski definition) is 13. The lowest BCUT2D eigenvalue weighted by Crippen LogP contribution is -2.63. The van der Waals surface area contributed by atoms with E-state index in [0.29, 0.717) is 17.5 Å². The third-order valence-electron chi connectivity index (χ3n) is 16.5. The molecule has 514 valence electrons. The van der Waals surface area contributed by atoms with E-state index in [1.54, 1.807) is 0 Å². The third-order valence-corrected chi connectivity index (χ3v) is 22.8. The van der Waals surface area contributed by atoms with Gasteiger partial charge in [0.05, 0.1) is 0 Å². The van der Waals surface area contributed by atoms with Gasteiger partial charge >= 0.3 is 5.97 Å². The summed E-state index contributed by atoms with van der Waals surface area (Å²) >= 11 is 0. The van der Waals surface area contributed by atoms with Gasteiger partial charge in [-0.3, -0.25) is 62.3 Å². The van der Waals surface area contributed by atoms with E-state index in [2.05, 4.69) is 63.8 Å². The molecule has 0 unspecified atom stereocenters. The maximum Gasteiger partial charge on any atom is 0.325 e. The van der Waals surface area contributed by atoms with Crippen molar-refractivity contribution in [2.45, 2.75) is 243 Å². The summed E-state index contributed by atoms with van der Waals surface area (Å²) in [5.74, 6) is -9.93. The molecule has 2 aliphatic rings. The largest absolute Gasteiger partial charge is 0.480 e. The number of nitrogens with one attached hydrogen (secondary N) is 12. The Morgan fingerprint density at radius 3 is 1.05 bits per heavy atom. The quantitative estimate of drug-likeness (QED) is 0.0463. The van der Waals surface area contributed by atoms with Crippen molar-refractivity contribution in [2.75, 3.05) is 12.3 Å². The first kappa shape index (κ1) is 77.9. The van der Waals surface area contributed by atoms with Crippen LogP contribution in [0.3, 0.4) is 0 Å². The summed E-state index contributed by atoms with van der Waals surface area (Å²) in [4.78, 5) is 175. The predicted octanol–water partition coefficient (Wildman–Crippen LogP) is 1.56. The van der Waals surface area contributed by atoms with E-state index in [0.717, 1.165) is 74.8 Å². The molecule has 4 rings (SSSR count). The molecule has 2 saturated carbocycles. The van der Waals surface area contributed by atoms with Crippen LogP contribution in [0.1, 0.15) is 161 Å². The van der Waals surface area contributed by atoms with Crippen LogP contribution < -0.4 is 74.4 Å². The van der Waals surface area contributed by atoms with Gasteiger partial charge in [0.2, 0.25) is 70.9 Å². The lowest BCUT2D eigenvalue weighted by molar-refractivity contribution is -0.142. The van der Waals surface area contributed by atoms with Gasteiger partial charge in [-0.05, 0) is 152 Å². The van der Waals surface area contributed by atoms with Gasteiger partial charge in [-0.2, -0.15) is 0 Å². The SMILES string of the molecule is CC(=O)N[C@@H](C)C(=O)NC(C)(C)C(=O)N[C@@H](C)C(=O)N[C@@H](CP(c1ccccc1)c1ccccc1)C(=O)N[C@@H](C)C(=O)N[C@@H](C)C(=O)NC(C)(C)C(=O)N[C@@H](CP(C1CCCCC1)C1CCCCC1)C(=O)N[C@@H](C)C(=O)N[C@@H](C)C(=O)NC(C)(C)C(=O)N[C@@H](C)C(=O)O. The summed E-state index contributed by atoms with van der Waals surface area (Å²) in [6.45, 7) is 19.4. The first-order chi connectivity index (χ1) is 43.4. The number of carbonyl (C=O) groups excluding carboxylic acids is 12. The summed E-state index contributed by atoms with van der Waals surface area (Å²) in [5, 5.41) is 42.4. The molecule has 2 aromatic carbocycles. The molecule has 13 N–H and O–H groups in total. The molecule has 0 radical (unpaired) electrons. The van der Waals surface area contributed by atoms with Gasteiger partial charge in [0.25, 0.3) is 0 Å². The number of carboxylic acid groups (broad SMARTS) is 1. The highest BCUT2D eigenvalue weighted by Crippen LogP contribution is 2.56. The number of benzene rings is 2. The molecule has 12 amide bonds. The Morgan fingerprint density at radius 1 is 0.387 bits per heavy atom. The fraction of sp³-hybridized carbons (Fsp3) is 0.615. The average Bonchev–Trinajstić information content (AvgIpc) is 0.933. The van der Waals surface area contributed by atoms with Crippen molar-refractivity contribution < 1.29 is 67.4 Å². The highest BCUT2D eigenvalue weighted by molar-refractivity contribution is 7.73. The Labute approximate surface area is 548 Å². The predicted molar refractivity (Wildman–Crippen MR) is 357 cm³/mol. The minimum Gasteiger partial charge on any atom is -0.480 e. The monoisotopic (exact) mass is 1330 g/mol. The molecule has 26 nitrogen and oxygen atoms in total. The molecule has 0 bridgehead atoms. The molecule has 9 atom stereocenters. The molecule has 0 spiro atoms. The van der Waals surface area contributed by atoms with Crippen LogP contribution in [-0.4, -0.2) is 177 Å². The lowest BCUT2D eigenvalue weighted by Gasteiger charge is -2.40. The first-order valence-electron chi connectivity index (χ1n) is 32.0. The van der Waals surface area contributed by atoms with Gasteiger partial charge in [0, 0.05) is 13.1 Å². The Balaban J connectivity index is 1.51. The van der Waals surface area contributed by atoms with Crippen molar-refractivity contribution in [3.63, 3.8) is 0 Å². The van der Waals surface area contributed by atoms with E-state index < -0.39 is 164 Å². The van der Waals surface area contributed by atoms with Crippen molar-refractivity contribution in [3.05, 3.63) is 60.7 Å². The van der Waals surface area contributed by atoms with Gasteiger partial charge in [0.15, 0.2) is 0 Å². The molecule has 0 heterocycles. The van der Waals surface area contributed by atoms with Crippen molar-refractivity contribution in [3.8, 4) is 0 Å². The second kappa shape index (κ2) is 35.6. The zero-order chi connectivity index (χ0) is 69.7. The molecular formula is C65H100N12O14P2. The van der Waals surface area contributed by atoms with E-state index >= 15 is 0 Å². The maximum atomic E-state index is 14.6. The van der Waals surface area contributed by atoms with Gasteiger partial charge in [-0.15, -0.1) is 0 Å². The van der Waals surface area contributed by atoms with Gasteiger partial charge in [0.1, 0.15) is 71.0 Å². The van der Waals surface area contributed by atoms with Crippen LogP contribution in [0.25, 0.3) is 0 Å². The topological polar surface area (TPSA) is 386 Å². The fourth-order valence-electron chi connectivity index (χ4n) is 10.7. The van der Waals surface area contributed by atoms with E-state index in [1.165, 1.54) is 96.9 Å². The van der Waals surface area contributed by atoms with Crippen molar-refractivity contribution in [1.29, 1.82) is 0 Å². The number of hydrogen-bond donors (Lipinski definition) is 13. The minimum atomic E-state index is -1.71. The molecule has 0 saturated heterocycles. The van der Waals surface area contributed by atoms with Crippen molar-refractivity contribution in [2.24, 2.45) is 0 Å². The number of carboxylic acids is 1. The van der Waals surface area contributed by atoms with Crippen molar-refractivity contribution in [1.82, 2.24) is 63.8 Å². The number of amides is 12. The summed E-state index contributed by atoms with van der Waals surface area (Å²) in [7, 11) is -2.19. The molecule has 93 heavy (non-hydrogen) atoms. The Kier molecular flexibility index (Phi) is 29.8. The molecular weight excluding hydrogens is 1230 g/mol. The zero-order valence-electron chi connectivity index (χ0n) is 56.3. The third kappa shape index (κ3) is 24.4. The van der Waals surface area contributed by atoms with E-state index in [-0.39, 0.29) is 6.16 Å². The smallest absolute Gasteiger partial charge is 0.325 e. The van der Waals surface area contributed by atoms with Crippen LogP contribution in [-0.2, 0) is 62.3 Å². The summed E-state index contributed by atoms with van der Waals surface area (Å²) < 4.78 is 0. The van der Waals surface area contributed by atoms with Crippen LogP contribution >= 0.6 is 15.8 Å². The Bertz CT molecular complexity index is 2920. The van der Waals surface area contributed by atoms with Crippen LogP contribution in [0.15, 0.2) is 60.7 Å². The van der Waals surface area contributed by atoms with Crippen molar-refractivity contribution >= 4 is 103 Å². The summed E-state index contributed by atoms with van der Waals surface area (Å²) in [6.07, 6.45) is 10.7. The second-order valence-corrected chi connectivity index (χ2v) is 31.2. The standard InChI is InChI=1S/C65H100N12O14P2/c1-37(69-57(85)49(35-92(45-27-19-15-20-28-45)46-29-21-16-22-30-46)73-53(81)39(3)71-60(89)63(9,10)75-54(82)40(4)66-44(8)78)51(79)68-42(6)56(84)77-65(13,14)62(91)74-50(36-93(47-31-23-17-24-32-47)48-33-25-18-26-34-48)58(86)70-38(2)52(80)67-41(5)55(83)76-64(11,12)61(90)72-43(7)59(87)88/h15-16,19-22,27-30,37-43,47-50H,17-18,23-26,31-36H2,1-14H3,(H,66,78)(H,67,80)(H,68,79)(H,69,85)(H,70,86)(H,71,89)(H,72,90)(H,73,81)(H,74,91)(H,75,82)(H,76,83)(H,77,84)(H,87,88)/t37-,38-,39-,40-,41-,42-,43-,49-,50-/m0/s1. The first-order valence-corrected chi connectivity index (χ1v) is 35.2. The second-order valence-electron chi connectivity index (χ2n) is 26.1. The number of aliphatic carboxylic acids is 1. The van der Waals surface area contributed by atoms with Gasteiger partial charge < -0.3 is 68.9 Å². The Hall–Kier alpha value is -7.59. The van der Waals surface area contributed by atoms with E-state index in [1.807, 2.05) is 60.7 Å². The maximum absolute atomic E-state index is 14.6. The fourth-order valence-corrected chi connectivity index (χ4v) is 17.0. The normalized spacial score (nSPS) is 16.9. The molecule has 0 aliphatic heterocycles. The van der Waals surface area contributed by atoms with Crippen LogP contribution in [0.2, 0.25) is 0 Å². The zero-order valence-corrected chi connectivity index (χ0v) is 58.0. The van der Waals surface area contributed by atoms with Crippen LogP contribution in [0.4, 0.5) is 0 Å². The highest BCUT2D eigenvalue weighted by atomic mass is 31.1. The lowest BCUT2D eigenvalue weighted by atomic mass is 9.99. The highest BCUT2D eigenvalue weighted by Gasteiger charge is 2.41. The molecule has 2 fully saturated rings. The average molecular weight is 1340 g/mol. The molecule has 0 aromatic heterocycles. The minimum absolute atomic E-state index is 0.0377. The molecule has 2 aliphatic carbocycles. The Morgan fingerprint density at radius 2 is 0.688 bits per heavy atom. The summed E-state index contributed by atoms with van der Waals surface area (Å²) in [5.41, 5.74) is -4.15. The van der Waals surface area contributed by atoms with E-state index in [9.17, 15) is 67.4 Å². The van der Waals surface area contributed by atoms with Gasteiger partial charge in [-0.25, -0.2) is 0 Å². The van der Waals surface area contributed by atoms with Crippen LogP contribution in [0.5, 0.6) is 0 Å². The van der Waals surface area contributed by atoms with E-state index in [4.69, 9.17) is 0 Å². The van der Waals surface area contributed by atoms with Gasteiger partial charge in [-0.1, -0.05) is 107 Å². The number of carbonyl (C=O) groups is 13.